The van der Waals surface area contributed by atoms with Gasteiger partial charge in [-0.15, -0.1) is 0 Å². The van der Waals surface area contributed by atoms with E-state index >= 15 is 0 Å². The van der Waals surface area contributed by atoms with Crippen molar-refractivity contribution in [1.29, 1.82) is 0 Å². The summed E-state index contributed by atoms with van der Waals surface area (Å²) >= 11 is 0. The number of benzene rings is 2. The second-order valence-corrected chi connectivity index (χ2v) is 5.95. The molecule has 0 saturated carbocycles. The Morgan fingerprint density at radius 2 is 1.84 bits per heavy atom. The van der Waals surface area contributed by atoms with Crippen LogP contribution in [-0.2, 0) is 9.53 Å². The maximum atomic E-state index is 12.3. The second-order valence-electron chi connectivity index (χ2n) is 5.95. The van der Waals surface area contributed by atoms with E-state index in [1.165, 1.54) is 0 Å². The zero-order chi connectivity index (χ0) is 17.4. The molecule has 0 amide bonds. The first-order valence-corrected chi connectivity index (χ1v) is 8.40. The fourth-order valence-corrected chi connectivity index (χ4v) is 3.15. The van der Waals surface area contributed by atoms with Gasteiger partial charge in [0.1, 0.15) is 6.04 Å². The lowest BCUT2D eigenvalue weighted by molar-refractivity contribution is -0.146. The van der Waals surface area contributed by atoms with Crippen LogP contribution in [0.15, 0.2) is 60.8 Å². The van der Waals surface area contributed by atoms with Crippen molar-refractivity contribution >= 4 is 22.8 Å². The minimum atomic E-state index is -0.447. The molecule has 1 unspecified atom stereocenters. The van der Waals surface area contributed by atoms with Crippen molar-refractivity contribution in [2.24, 2.45) is 0 Å². The van der Waals surface area contributed by atoms with E-state index in [-0.39, 0.29) is 5.97 Å². The number of imidazole rings is 2. The van der Waals surface area contributed by atoms with Crippen LogP contribution in [-0.4, -0.2) is 26.5 Å². The van der Waals surface area contributed by atoms with Crippen LogP contribution in [0.4, 0.5) is 0 Å². The van der Waals surface area contributed by atoms with Crippen LogP contribution in [0.5, 0.6) is 0 Å². The normalized spacial score (nSPS) is 12.6. The highest BCUT2D eigenvalue weighted by Gasteiger charge is 2.23. The number of aromatic nitrogens is 3. The monoisotopic (exact) mass is 333 g/mol. The molecule has 0 aliphatic rings. The molecule has 126 valence electrons. The van der Waals surface area contributed by atoms with Gasteiger partial charge in [0.25, 0.3) is 0 Å². The van der Waals surface area contributed by atoms with Crippen molar-refractivity contribution in [3.63, 3.8) is 0 Å². The first-order chi connectivity index (χ1) is 12.2. The number of ether oxygens (including phenoxy) is 1. The average Bonchev–Trinajstić information content (AvgIpc) is 3.19. The van der Waals surface area contributed by atoms with Crippen LogP contribution in [0.2, 0.25) is 0 Å². The summed E-state index contributed by atoms with van der Waals surface area (Å²) in [5, 5.41) is 0. The first kappa shape index (κ1) is 15.4. The molecule has 0 fully saturated rings. The van der Waals surface area contributed by atoms with Gasteiger partial charge in [0.2, 0.25) is 5.78 Å². The summed E-state index contributed by atoms with van der Waals surface area (Å²) in [6, 6.07) is 17.7. The van der Waals surface area contributed by atoms with Gasteiger partial charge in [-0.05, 0) is 26.0 Å². The summed E-state index contributed by atoms with van der Waals surface area (Å²) < 4.78 is 9.19. The van der Waals surface area contributed by atoms with Gasteiger partial charge in [-0.3, -0.25) is 4.40 Å². The number of carbonyl (C=O) groups excluding carboxylic acids is 1. The number of hydrogen-bond donors (Lipinski definition) is 0. The molecule has 0 N–H and O–H groups in total. The Balaban J connectivity index is 2.00. The quantitative estimate of drug-likeness (QED) is 0.529. The van der Waals surface area contributed by atoms with Gasteiger partial charge in [0, 0.05) is 11.8 Å². The molecule has 4 rings (SSSR count). The van der Waals surface area contributed by atoms with Gasteiger partial charge in [-0.2, -0.15) is 0 Å². The summed E-state index contributed by atoms with van der Waals surface area (Å²) in [5.74, 6) is 0.479. The molecule has 0 bridgehead atoms. The average molecular weight is 333 g/mol. The molecule has 0 aliphatic carbocycles. The molecule has 0 saturated heterocycles. The molecule has 2 aromatic heterocycles. The van der Waals surface area contributed by atoms with Gasteiger partial charge in [0.05, 0.1) is 23.3 Å². The third-order valence-electron chi connectivity index (χ3n) is 4.39. The Kier molecular flexibility index (Phi) is 3.76. The number of rotatable bonds is 4. The van der Waals surface area contributed by atoms with E-state index in [9.17, 15) is 4.79 Å². The van der Waals surface area contributed by atoms with Crippen LogP contribution in [0.25, 0.3) is 28.1 Å². The third-order valence-corrected chi connectivity index (χ3v) is 4.39. The third kappa shape index (κ3) is 2.48. The Hall–Kier alpha value is -3.08. The highest BCUT2D eigenvalue weighted by Crippen LogP contribution is 2.29. The van der Waals surface area contributed by atoms with Gasteiger partial charge >= 0.3 is 5.97 Å². The molecule has 0 spiro atoms. The molecule has 2 aromatic carbocycles. The lowest BCUT2D eigenvalue weighted by atomic mass is 10.1. The predicted molar refractivity (Wildman–Crippen MR) is 97.5 cm³/mol. The van der Waals surface area contributed by atoms with Crippen molar-refractivity contribution in [2.45, 2.75) is 19.9 Å². The largest absolute Gasteiger partial charge is 0.464 e. The summed E-state index contributed by atoms with van der Waals surface area (Å²) in [4.78, 5) is 17.0. The van der Waals surface area contributed by atoms with E-state index in [4.69, 9.17) is 9.72 Å². The SMILES string of the molecule is CCOC(=O)C(C)n1cc(-c2ccccc2)n2c3ccccc3nc12. The summed E-state index contributed by atoms with van der Waals surface area (Å²) in [5.41, 5.74) is 4.00. The standard InChI is InChI=1S/C20H19N3O2/c1-3-25-19(24)14(2)22-13-18(15-9-5-4-6-10-15)23-17-12-8-7-11-16(17)21-20(22)23/h4-14H,3H2,1-2H3. The van der Waals surface area contributed by atoms with Gasteiger partial charge < -0.3 is 9.30 Å². The molecule has 1 atom stereocenters. The zero-order valence-corrected chi connectivity index (χ0v) is 14.2. The Morgan fingerprint density at radius 1 is 1.12 bits per heavy atom. The van der Waals surface area contributed by atoms with Gasteiger partial charge in [0.15, 0.2) is 0 Å². The maximum absolute atomic E-state index is 12.3. The predicted octanol–water partition coefficient (Wildman–Crippen LogP) is 4.08. The Morgan fingerprint density at radius 3 is 2.60 bits per heavy atom. The van der Waals surface area contributed by atoms with Crippen LogP contribution < -0.4 is 0 Å². The molecule has 5 heteroatoms. The molecule has 4 aromatic rings. The minimum absolute atomic E-state index is 0.258. The van der Waals surface area contributed by atoms with E-state index in [1.54, 1.807) is 0 Å². The number of carbonyl (C=O) groups is 1. The fourth-order valence-electron chi connectivity index (χ4n) is 3.15. The smallest absolute Gasteiger partial charge is 0.328 e. The second kappa shape index (κ2) is 6.09. The van der Waals surface area contributed by atoms with Gasteiger partial charge in [-0.1, -0.05) is 42.5 Å². The zero-order valence-electron chi connectivity index (χ0n) is 14.2. The number of fused-ring (bicyclic) bond motifs is 3. The summed E-state index contributed by atoms with van der Waals surface area (Å²) in [6.07, 6.45) is 1.98. The summed E-state index contributed by atoms with van der Waals surface area (Å²) in [6.45, 7) is 4.02. The van der Waals surface area contributed by atoms with Gasteiger partial charge in [-0.25, -0.2) is 9.78 Å². The maximum Gasteiger partial charge on any atom is 0.328 e. The molecule has 5 nitrogen and oxygen atoms in total. The molecular weight excluding hydrogens is 314 g/mol. The Labute approximate surface area is 145 Å². The molecular formula is C20H19N3O2. The summed E-state index contributed by atoms with van der Waals surface area (Å²) in [7, 11) is 0. The first-order valence-electron chi connectivity index (χ1n) is 8.40. The number of hydrogen-bond acceptors (Lipinski definition) is 3. The number of esters is 1. The van der Waals surface area contributed by atoms with Crippen molar-refractivity contribution in [1.82, 2.24) is 14.0 Å². The lowest BCUT2D eigenvalue weighted by Crippen LogP contribution is -2.18. The van der Waals surface area contributed by atoms with Crippen molar-refractivity contribution in [2.75, 3.05) is 6.61 Å². The highest BCUT2D eigenvalue weighted by atomic mass is 16.5. The van der Waals surface area contributed by atoms with E-state index in [2.05, 4.69) is 16.5 Å². The van der Waals surface area contributed by atoms with E-state index in [0.29, 0.717) is 6.61 Å². The molecule has 0 aliphatic heterocycles. The number of para-hydroxylation sites is 2. The molecule has 25 heavy (non-hydrogen) atoms. The topological polar surface area (TPSA) is 48.5 Å². The van der Waals surface area contributed by atoms with Crippen molar-refractivity contribution in [3.05, 3.63) is 60.8 Å². The molecule has 0 radical (unpaired) electrons. The minimum Gasteiger partial charge on any atom is -0.464 e. The van der Waals surface area contributed by atoms with Crippen LogP contribution in [0, 0.1) is 0 Å². The van der Waals surface area contributed by atoms with Crippen molar-refractivity contribution < 1.29 is 9.53 Å². The van der Waals surface area contributed by atoms with E-state index in [0.717, 1.165) is 28.1 Å². The highest BCUT2D eigenvalue weighted by molar-refractivity contribution is 5.84. The van der Waals surface area contributed by atoms with Crippen molar-refractivity contribution in [3.8, 4) is 11.3 Å². The lowest BCUT2D eigenvalue weighted by Gasteiger charge is -2.11. The molecule has 2 heterocycles. The Bertz CT molecular complexity index is 1050. The van der Waals surface area contributed by atoms with Crippen LogP contribution >= 0.6 is 0 Å². The van der Waals surface area contributed by atoms with E-state index in [1.807, 2.05) is 67.1 Å². The van der Waals surface area contributed by atoms with Crippen LogP contribution in [0.1, 0.15) is 19.9 Å². The van der Waals surface area contributed by atoms with Crippen LogP contribution in [0.3, 0.4) is 0 Å². The van der Waals surface area contributed by atoms with E-state index < -0.39 is 6.04 Å². The fraction of sp³-hybridized carbons (Fsp3) is 0.200. The number of nitrogens with zero attached hydrogens (tertiary/aromatic N) is 3.